The van der Waals surface area contributed by atoms with Crippen LogP contribution in [0, 0.1) is 0 Å². The van der Waals surface area contributed by atoms with Gasteiger partial charge in [-0.05, 0) is 24.3 Å². The third-order valence-corrected chi connectivity index (χ3v) is 5.74. The van der Waals surface area contributed by atoms with Crippen molar-refractivity contribution in [2.45, 2.75) is 18.7 Å². The van der Waals surface area contributed by atoms with Gasteiger partial charge >= 0.3 is 0 Å². The number of rotatable bonds is 5. The van der Waals surface area contributed by atoms with E-state index in [4.69, 9.17) is 0 Å². The molecule has 1 amide bonds. The average molecular weight is 376 g/mol. The topological polar surface area (TPSA) is 101 Å². The number of aromatic nitrogens is 2. The van der Waals surface area contributed by atoms with Crippen LogP contribution >= 0.6 is 11.3 Å². The molecule has 130 valence electrons. The second kappa shape index (κ2) is 6.87. The summed E-state index contributed by atoms with van der Waals surface area (Å²) >= 11 is 1.27. The highest BCUT2D eigenvalue weighted by Crippen LogP contribution is 2.28. The molecule has 0 saturated heterocycles. The summed E-state index contributed by atoms with van der Waals surface area (Å²) in [4.78, 5) is 20.8. The van der Waals surface area contributed by atoms with Crippen molar-refractivity contribution >= 4 is 42.7 Å². The fourth-order valence-corrected chi connectivity index (χ4v) is 4.25. The van der Waals surface area contributed by atoms with Crippen molar-refractivity contribution in [2.24, 2.45) is 0 Å². The van der Waals surface area contributed by atoms with E-state index in [1.165, 1.54) is 18.3 Å². The SMILES string of the molecule is CCNS(=O)(=O)c1cccc(-c2ccc3nc(NC(C)=O)sc3n2)c1. The molecule has 2 heterocycles. The maximum Gasteiger partial charge on any atom is 0.240 e. The second-order valence-corrected chi connectivity index (χ2v) is 7.99. The first-order valence-corrected chi connectivity index (χ1v) is 9.84. The summed E-state index contributed by atoms with van der Waals surface area (Å²) in [5.41, 5.74) is 2.00. The number of fused-ring (bicyclic) bond motifs is 1. The molecule has 0 saturated carbocycles. The minimum atomic E-state index is -3.53. The summed E-state index contributed by atoms with van der Waals surface area (Å²) in [6, 6.07) is 10.2. The smallest absolute Gasteiger partial charge is 0.240 e. The first-order chi connectivity index (χ1) is 11.9. The van der Waals surface area contributed by atoms with Crippen LogP contribution in [0.2, 0.25) is 0 Å². The molecule has 2 N–H and O–H groups in total. The molecule has 1 aromatic carbocycles. The van der Waals surface area contributed by atoms with Gasteiger partial charge in [-0.2, -0.15) is 0 Å². The van der Waals surface area contributed by atoms with E-state index >= 15 is 0 Å². The minimum absolute atomic E-state index is 0.192. The molecule has 0 radical (unpaired) electrons. The lowest BCUT2D eigenvalue weighted by Crippen LogP contribution is -2.23. The molecule has 25 heavy (non-hydrogen) atoms. The largest absolute Gasteiger partial charge is 0.302 e. The molecule has 0 aliphatic heterocycles. The Morgan fingerprint density at radius 2 is 2.00 bits per heavy atom. The van der Waals surface area contributed by atoms with Crippen molar-refractivity contribution < 1.29 is 13.2 Å². The highest BCUT2D eigenvalue weighted by molar-refractivity contribution is 7.89. The van der Waals surface area contributed by atoms with Gasteiger partial charge in [-0.1, -0.05) is 30.4 Å². The van der Waals surface area contributed by atoms with Crippen molar-refractivity contribution in [3.8, 4) is 11.3 Å². The lowest BCUT2D eigenvalue weighted by molar-refractivity contribution is -0.114. The summed E-state index contributed by atoms with van der Waals surface area (Å²) in [5, 5.41) is 3.12. The number of nitrogens with zero attached hydrogens (tertiary/aromatic N) is 2. The number of carbonyl (C=O) groups is 1. The van der Waals surface area contributed by atoms with E-state index in [0.29, 0.717) is 33.3 Å². The van der Waals surface area contributed by atoms with Gasteiger partial charge in [0.25, 0.3) is 0 Å². The lowest BCUT2D eigenvalue weighted by Gasteiger charge is -2.06. The summed E-state index contributed by atoms with van der Waals surface area (Å²) in [6.45, 7) is 3.47. The van der Waals surface area contributed by atoms with Crippen molar-refractivity contribution in [1.29, 1.82) is 0 Å². The summed E-state index contributed by atoms with van der Waals surface area (Å²) in [5.74, 6) is -0.194. The predicted molar refractivity (Wildman–Crippen MR) is 98.0 cm³/mol. The zero-order chi connectivity index (χ0) is 18.0. The van der Waals surface area contributed by atoms with Gasteiger partial charge in [0, 0.05) is 19.0 Å². The Hall–Kier alpha value is -2.36. The van der Waals surface area contributed by atoms with Crippen LogP contribution in [0.15, 0.2) is 41.3 Å². The first kappa shape index (κ1) is 17.5. The van der Waals surface area contributed by atoms with E-state index in [-0.39, 0.29) is 10.8 Å². The number of pyridine rings is 1. The average Bonchev–Trinajstić information content (AvgIpc) is 2.95. The molecule has 0 fully saturated rings. The molecule has 3 rings (SSSR count). The standard InChI is InChI=1S/C16H16N4O3S2/c1-3-17-25(22,23)12-6-4-5-11(9-12)13-7-8-14-15(19-13)24-16(20-14)18-10(2)21/h4-9,17H,3H2,1-2H3,(H,18,20,21). The molecule has 2 aromatic heterocycles. The van der Waals surface area contributed by atoms with Crippen molar-refractivity contribution in [2.75, 3.05) is 11.9 Å². The van der Waals surface area contributed by atoms with Gasteiger partial charge in [0.1, 0.15) is 10.3 Å². The number of thiazole rings is 1. The van der Waals surface area contributed by atoms with E-state index < -0.39 is 10.0 Å². The first-order valence-electron chi connectivity index (χ1n) is 7.54. The van der Waals surface area contributed by atoms with Crippen molar-refractivity contribution in [1.82, 2.24) is 14.7 Å². The highest BCUT2D eigenvalue weighted by atomic mass is 32.2. The molecule has 0 aliphatic carbocycles. The zero-order valence-electron chi connectivity index (χ0n) is 13.6. The van der Waals surface area contributed by atoms with E-state index in [0.717, 1.165) is 0 Å². The molecule has 0 spiro atoms. The van der Waals surface area contributed by atoms with Gasteiger partial charge in [0.05, 0.1) is 10.6 Å². The molecule has 0 unspecified atom stereocenters. The quantitative estimate of drug-likeness (QED) is 0.713. The summed E-state index contributed by atoms with van der Waals surface area (Å²) in [7, 11) is -3.53. The number of hydrogen-bond donors (Lipinski definition) is 2. The van der Waals surface area contributed by atoms with E-state index in [9.17, 15) is 13.2 Å². The lowest BCUT2D eigenvalue weighted by atomic mass is 10.1. The third-order valence-electron chi connectivity index (χ3n) is 3.31. The Labute approximate surface area is 149 Å². The van der Waals surface area contributed by atoms with Crippen molar-refractivity contribution in [3.63, 3.8) is 0 Å². The van der Waals surface area contributed by atoms with Crippen LogP contribution in [0.5, 0.6) is 0 Å². The second-order valence-electron chi connectivity index (χ2n) is 5.25. The number of carbonyl (C=O) groups excluding carboxylic acids is 1. The number of hydrogen-bond acceptors (Lipinski definition) is 6. The van der Waals surface area contributed by atoms with Gasteiger partial charge in [-0.25, -0.2) is 23.1 Å². The van der Waals surface area contributed by atoms with E-state index in [2.05, 4.69) is 20.0 Å². The normalized spacial score (nSPS) is 11.6. The van der Waals surface area contributed by atoms with E-state index in [1.54, 1.807) is 43.3 Å². The van der Waals surface area contributed by atoms with Crippen LogP contribution < -0.4 is 10.0 Å². The molecule has 7 nitrogen and oxygen atoms in total. The van der Waals surface area contributed by atoms with Crippen LogP contribution in [-0.4, -0.2) is 30.8 Å². The van der Waals surface area contributed by atoms with Crippen LogP contribution in [0.1, 0.15) is 13.8 Å². The Bertz CT molecular complexity index is 1040. The number of amides is 1. The molecular weight excluding hydrogens is 360 g/mol. The number of benzene rings is 1. The maximum absolute atomic E-state index is 12.2. The Kier molecular flexibility index (Phi) is 4.80. The van der Waals surface area contributed by atoms with Crippen LogP contribution in [0.25, 0.3) is 21.6 Å². The Morgan fingerprint density at radius 1 is 1.20 bits per heavy atom. The summed E-state index contributed by atoms with van der Waals surface area (Å²) < 4.78 is 26.8. The van der Waals surface area contributed by atoms with Crippen molar-refractivity contribution in [3.05, 3.63) is 36.4 Å². The number of sulfonamides is 1. The zero-order valence-corrected chi connectivity index (χ0v) is 15.2. The monoisotopic (exact) mass is 376 g/mol. The fourth-order valence-electron chi connectivity index (χ4n) is 2.28. The molecule has 0 aliphatic rings. The number of anilines is 1. The van der Waals surface area contributed by atoms with Gasteiger partial charge in [-0.15, -0.1) is 0 Å². The van der Waals surface area contributed by atoms with Crippen LogP contribution in [-0.2, 0) is 14.8 Å². The maximum atomic E-state index is 12.2. The molecule has 0 atom stereocenters. The molecular formula is C16H16N4O3S2. The number of nitrogens with one attached hydrogen (secondary N) is 2. The van der Waals surface area contributed by atoms with Gasteiger partial charge in [0.15, 0.2) is 5.13 Å². The molecule has 3 aromatic rings. The predicted octanol–water partition coefficient (Wildman–Crippen LogP) is 2.61. The minimum Gasteiger partial charge on any atom is -0.302 e. The van der Waals surface area contributed by atoms with Gasteiger partial charge in [-0.3, -0.25) is 4.79 Å². The highest BCUT2D eigenvalue weighted by Gasteiger charge is 2.14. The summed E-state index contributed by atoms with van der Waals surface area (Å²) in [6.07, 6.45) is 0. The van der Waals surface area contributed by atoms with Crippen LogP contribution in [0.4, 0.5) is 5.13 Å². The molecule has 9 heteroatoms. The molecule has 0 bridgehead atoms. The van der Waals surface area contributed by atoms with Crippen LogP contribution in [0.3, 0.4) is 0 Å². The van der Waals surface area contributed by atoms with Gasteiger partial charge < -0.3 is 5.32 Å². The third kappa shape index (κ3) is 3.84. The fraction of sp³-hybridized carbons (Fsp3) is 0.188. The van der Waals surface area contributed by atoms with Gasteiger partial charge in [0.2, 0.25) is 15.9 Å². The van der Waals surface area contributed by atoms with E-state index in [1.807, 2.05) is 0 Å². The Morgan fingerprint density at radius 3 is 2.72 bits per heavy atom. The Balaban J connectivity index is 2.00.